The average molecular weight is 433 g/mol. The molecule has 1 atom stereocenters. The van der Waals surface area contributed by atoms with Crippen molar-refractivity contribution in [1.29, 1.82) is 0 Å². The summed E-state index contributed by atoms with van der Waals surface area (Å²) < 4.78 is 83.3. The lowest BCUT2D eigenvalue weighted by molar-refractivity contribution is -0.143. The molecule has 1 N–H and O–H groups in total. The number of aromatic nitrogens is 2. The summed E-state index contributed by atoms with van der Waals surface area (Å²) in [6, 6.07) is -0.253. The summed E-state index contributed by atoms with van der Waals surface area (Å²) in [6.45, 7) is 7.12. The number of ether oxygens (including phenoxy) is 1. The van der Waals surface area contributed by atoms with Crippen LogP contribution in [0.3, 0.4) is 0 Å². The number of hydrogen-bond donors (Lipinski definition) is 1. The van der Waals surface area contributed by atoms with Crippen molar-refractivity contribution in [2.75, 3.05) is 6.61 Å². The van der Waals surface area contributed by atoms with Gasteiger partial charge in [0.15, 0.2) is 0 Å². The Labute approximate surface area is 167 Å². The zero-order valence-electron chi connectivity index (χ0n) is 15.9. The van der Waals surface area contributed by atoms with E-state index in [0.717, 1.165) is 0 Å². The lowest BCUT2D eigenvalue weighted by Crippen LogP contribution is -2.29. The van der Waals surface area contributed by atoms with Crippen molar-refractivity contribution in [3.8, 4) is 0 Å². The molecule has 2 rings (SSSR count). The van der Waals surface area contributed by atoms with Crippen LogP contribution in [0.1, 0.15) is 52.8 Å². The molecule has 0 aliphatic carbocycles. The van der Waals surface area contributed by atoms with Crippen LogP contribution in [0.2, 0.25) is 0 Å². The molecule has 30 heavy (non-hydrogen) atoms. The smallest absolute Gasteiger partial charge is 0.416 e. The molecule has 1 aromatic heterocycles. The maximum atomic E-state index is 13.0. The van der Waals surface area contributed by atoms with Gasteiger partial charge in [0.25, 0.3) is 5.91 Å². The summed E-state index contributed by atoms with van der Waals surface area (Å²) in [6.07, 6.45) is -7.46. The fourth-order valence-corrected chi connectivity index (χ4v) is 2.56. The Balaban J connectivity index is 2.38. The fraction of sp³-hybridized carbons (Fsp3) is 0.316. The van der Waals surface area contributed by atoms with Crippen LogP contribution in [-0.2, 0) is 17.1 Å². The minimum absolute atomic E-state index is 0.0486. The first-order chi connectivity index (χ1) is 13.8. The second-order valence-electron chi connectivity index (χ2n) is 6.14. The van der Waals surface area contributed by atoms with E-state index in [1.165, 1.54) is 19.3 Å². The molecule has 11 heteroatoms. The van der Waals surface area contributed by atoms with Gasteiger partial charge in [-0.1, -0.05) is 6.58 Å². The Morgan fingerprint density at radius 3 is 2.10 bits per heavy atom. The van der Waals surface area contributed by atoms with Gasteiger partial charge in [-0.05, 0) is 32.0 Å². The molecule has 5 nitrogen and oxygen atoms in total. The van der Waals surface area contributed by atoms with E-state index in [1.807, 2.05) is 0 Å². The van der Waals surface area contributed by atoms with E-state index in [9.17, 15) is 31.1 Å². The third-order valence-electron chi connectivity index (χ3n) is 3.92. The molecule has 0 radical (unpaired) electrons. The zero-order valence-corrected chi connectivity index (χ0v) is 15.9. The van der Waals surface area contributed by atoms with Gasteiger partial charge in [0, 0.05) is 18.0 Å². The summed E-state index contributed by atoms with van der Waals surface area (Å²) in [7, 11) is 0. The highest BCUT2D eigenvalue weighted by atomic mass is 19.4. The molecule has 1 heterocycles. The van der Waals surface area contributed by atoms with Gasteiger partial charge in [-0.25, -0.2) is 4.98 Å². The summed E-state index contributed by atoms with van der Waals surface area (Å²) >= 11 is 0. The first kappa shape index (κ1) is 23.2. The van der Waals surface area contributed by atoms with Gasteiger partial charge in [0.1, 0.15) is 11.5 Å². The summed E-state index contributed by atoms with van der Waals surface area (Å²) in [5.41, 5.74) is -3.57. The summed E-state index contributed by atoms with van der Waals surface area (Å²) in [5.74, 6) is -0.988. The summed E-state index contributed by atoms with van der Waals surface area (Å²) in [4.78, 5) is 20.6. The van der Waals surface area contributed by atoms with E-state index in [2.05, 4.69) is 21.9 Å². The Kier molecular flexibility index (Phi) is 6.73. The van der Waals surface area contributed by atoms with Crippen LogP contribution >= 0.6 is 0 Å². The van der Waals surface area contributed by atoms with Crippen molar-refractivity contribution in [1.82, 2.24) is 15.3 Å². The van der Waals surface area contributed by atoms with Crippen LogP contribution in [0, 0.1) is 0 Å². The molecule has 2 aromatic rings. The Hall–Kier alpha value is -3.11. The highest BCUT2D eigenvalue weighted by Crippen LogP contribution is 2.36. The molecule has 0 spiro atoms. The van der Waals surface area contributed by atoms with Crippen LogP contribution < -0.4 is 5.32 Å². The molecule has 0 aliphatic heterocycles. The molecular weight excluding hydrogens is 416 g/mol. The molecule has 0 saturated carbocycles. The van der Waals surface area contributed by atoms with Gasteiger partial charge in [0.2, 0.25) is 0 Å². The molecule has 162 valence electrons. The molecule has 0 aliphatic rings. The monoisotopic (exact) mass is 433 g/mol. The van der Waals surface area contributed by atoms with Gasteiger partial charge in [0.05, 0.1) is 29.5 Å². The number of rotatable bonds is 6. The molecular formula is C19H17F6N3O2. The molecule has 0 saturated heterocycles. The molecule has 0 bridgehead atoms. The van der Waals surface area contributed by atoms with Gasteiger partial charge >= 0.3 is 12.4 Å². The normalized spacial score (nSPS) is 12.9. The number of hydrogen-bond acceptors (Lipinski definition) is 4. The standard InChI is InChI=1S/C19H17F6N3O2/c1-4-30-11(3)16-15(26-5-6-27-16)10(2)28-17(29)12-7-13(18(20,21)22)9-14(8-12)19(23,24)25/h5-10H,3-4H2,1-2H3,(H,28,29). The predicted octanol–water partition coefficient (Wildman–Crippen LogP) is 5.01. The van der Waals surface area contributed by atoms with E-state index < -0.39 is 41.0 Å². The van der Waals surface area contributed by atoms with Crippen LogP contribution in [0.15, 0.2) is 37.2 Å². The number of carbonyl (C=O) groups excluding carboxylic acids is 1. The molecule has 1 aromatic carbocycles. The maximum absolute atomic E-state index is 13.0. The van der Waals surface area contributed by atoms with Crippen molar-refractivity contribution >= 4 is 11.7 Å². The second kappa shape index (κ2) is 8.72. The quantitative estimate of drug-likeness (QED) is 0.514. The van der Waals surface area contributed by atoms with Crippen LogP contribution in [0.4, 0.5) is 26.3 Å². The number of alkyl halides is 6. The van der Waals surface area contributed by atoms with Crippen molar-refractivity contribution < 1.29 is 35.9 Å². The van der Waals surface area contributed by atoms with E-state index in [-0.39, 0.29) is 29.8 Å². The second-order valence-corrected chi connectivity index (χ2v) is 6.14. The molecule has 1 unspecified atom stereocenters. The lowest BCUT2D eigenvalue weighted by Gasteiger charge is -2.18. The largest absolute Gasteiger partial charge is 0.492 e. The Morgan fingerprint density at radius 1 is 1.07 bits per heavy atom. The lowest BCUT2D eigenvalue weighted by atomic mass is 10.0. The van der Waals surface area contributed by atoms with Crippen molar-refractivity contribution in [2.45, 2.75) is 32.2 Å². The minimum atomic E-state index is -5.06. The van der Waals surface area contributed by atoms with Crippen molar-refractivity contribution in [3.63, 3.8) is 0 Å². The summed E-state index contributed by atoms with van der Waals surface area (Å²) in [5, 5.41) is 2.33. The first-order valence-corrected chi connectivity index (χ1v) is 8.58. The number of nitrogens with zero attached hydrogens (tertiary/aromatic N) is 2. The number of halogens is 6. The van der Waals surface area contributed by atoms with E-state index >= 15 is 0 Å². The van der Waals surface area contributed by atoms with E-state index in [4.69, 9.17) is 4.74 Å². The highest BCUT2D eigenvalue weighted by Gasteiger charge is 2.37. The molecule has 1 amide bonds. The Bertz CT molecular complexity index is 908. The van der Waals surface area contributed by atoms with Crippen molar-refractivity contribution in [3.05, 3.63) is 65.2 Å². The van der Waals surface area contributed by atoms with E-state index in [0.29, 0.717) is 12.1 Å². The third kappa shape index (κ3) is 5.49. The van der Waals surface area contributed by atoms with Gasteiger partial charge in [-0.2, -0.15) is 26.3 Å². The van der Waals surface area contributed by atoms with Crippen LogP contribution in [0.25, 0.3) is 5.76 Å². The van der Waals surface area contributed by atoms with E-state index in [1.54, 1.807) is 6.92 Å². The Morgan fingerprint density at radius 2 is 1.60 bits per heavy atom. The van der Waals surface area contributed by atoms with Crippen LogP contribution in [0.5, 0.6) is 0 Å². The van der Waals surface area contributed by atoms with Gasteiger partial charge in [-0.3, -0.25) is 9.78 Å². The fourth-order valence-electron chi connectivity index (χ4n) is 2.56. The number of carbonyl (C=O) groups is 1. The zero-order chi connectivity index (χ0) is 22.7. The number of amides is 1. The van der Waals surface area contributed by atoms with Gasteiger partial charge in [-0.15, -0.1) is 0 Å². The predicted molar refractivity (Wildman–Crippen MR) is 95.0 cm³/mol. The van der Waals surface area contributed by atoms with Crippen molar-refractivity contribution in [2.24, 2.45) is 0 Å². The highest BCUT2D eigenvalue weighted by molar-refractivity contribution is 5.95. The SMILES string of the molecule is C=C(OCC)c1nccnc1C(C)NC(=O)c1cc(C(F)(F)F)cc(C(F)(F)F)c1. The number of benzene rings is 1. The van der Waals surface area contributed by atoms with Crippen LogP contribution in [-0.4, -0.2) is 22.5 Å². The topological polar surface area (TPSA) is 64.1 Å². The van der Waals surface area contributed by atoms with Gasteiger partial charge < -0.3 is 10.1 Å². The minimum Gasteiger partial charge on any atom is -0.492 e. The maximum Gasteiger partial charge on any atom is 0.416 e. The molecule has 0 fully saturated rings. The third-order valence-corrected chi connectivity index (χ3v) is 3.92. The first-order valence-electron chi connectivity index (χ1n) is 8.58. The average Bonchev–Trinajstić information content (AvgIpc) is 2.66. The number of nitrogens with one attached hydrogen (secondary N) is 1.